The van der Waals surface area contributed by atoms with Gasteiger partial charge in [0.05, 0.1) is 11.7 Å². The fourth-order valence-electron chi connectivity index (χ4n) is 3.57. The number of rotatable bonds is 5. The fraction of sp³-hybridized carbons (Fsp3) is 0.412. The molecule has 1 aliphatic heterocycles. The van der Waals surface area contributed by atoms with Crippen molar-refractivity contribution in [2.75, 3.05) is 13.1 Å². The molecule has 3 aromatic rings. The summed E-state index contributed by atoms with van der Waals surface area (Å²) >= 11 is 1.24. The van der Waals surface area contributed by atoms with Gasteiger partial charge in [-0.05, 0) is 43.1 Å². The molecule has 25 heavy (non-hydrogen) atoms. The summed E-state index contributed by atoms with van der Waals surface area (Å²) in [5, 5.41) is 13.2. The number of hydrogen-bond acceptors (Lipinski definition) is 6. The number of likely N-dealkylation sites (tertiary alicyclic amines) is 1. The van der Waals surface area contributed by atoms with E-state index >= 15 is 0 Å². The van der Waals surface area contributed by atoms with Crippen molar-refractivity contribution in [1.29, 1.82) is 0 Å². The van der Waals surface area contributed by atoms with Gasteiger partial charge in [0.1, 0.15) is 17.6 Å². The summed E-state index contributed by atoms with van der Waals surface area (Å²) in [4.78, 5) is 13.4. The van der Waals surface area contributed by atoms with Crippen molar-refractivity contribution in [2.45, 2.75) is 31.8 Å². The molecular formula is C17H19N5O2S. The Morgan fingerprint density at radius 3 is 3.04 bits per heavy atom. The number of aliphatic carboxylic acids is 1. The van der Waals surface area contributed by atoms with Crippen LogP contribution in [0.15, 0.2) is 30.5 Å². The first-order valence-electron chi connectivity index (χ1n) is 8.36. The zero-order valence-electron chi connectivity index (χ0n) is 13.7. The second-order valence-corrected chi connectivity index (χ2v) is 7.00. The van der Waals surface area contributed by atoms with Gasteiger partial charge >= 0.3 is 5.97 Å². The summed E-state index contributed by atoms with van der Waals surface area (Å²) in [6.45, 7) is 2.76. The molecule has 1 aromatic carbocycles. The Morgan fingerprint density at radius 1 is 1.28 bits per heavy atom. The maximum Gasteiger partial charge on any atom is 0.325 e. The zero-order chi connectivity index (χ0) is 17.2. The van der Waals surface area contributed by atoms with Crippen LogP contribution in [0.2, 0.25) is 0 Å². The van der Waals surface area contributed by atoms with Gasteiger partial charge in [-0.25, -0.2) is 0 Å². The Balaban J connectivity index is 1.47. The number of carbonyl (C=O) groups is 1. The van der Waals surface area contributed by atoms with Crippen molar-refractivity contribution in [3.05, 3.63) is 41.7 Å². The van der Waals surface area contributed by atoms with E-state index in [4.69, 9.17) is 5.11 Å². The van der Waals surface area contributed by atoms with Crippen LogP contribution >= 0.6 is 11.7 Å². The second kappa shape index (κ2) is 6.89. The number of carboxylic acids is 1. The molecule has 1 fully saturated rings. The predicted octanol–water partition coefficient (Wildman–Crippen LogP) is 2.35. The van der Waals surface area contributed by atoms with Gasteiger partial charge in [-0.1, -0.05) is 6.07 Å². The molecule has 1 aliphatic rings. The molecule has 1 N–H and O–H groups in total. The van der Waals surface area contributed by atoms with Gasteiger partial charge in [-0.15, -0.1) is 0 Å². The third kappa shape index (κ3) is 3.54. The van der Waals surface area contributed by atoms with Gasteiger partial charge in [0.2, 0.25) is 0 Å². The molecule has 3 heterocycles. The highest BCUT2D eigenvalue weighted by Crippen LogP contribution is 2.28. The number of piperidine rings is 1. The molecule has 0 radical (unpaired) electrons. The van der Waals surface area contributed by atoms with Gasteiger partial charge < -0.3 is 5.11 Å². The van der Waals surface area contributed by atoms with Crippen molar-refractivity contribution in [2.24, 2.45) is 0 Å². The van der Waals surface area contributed by atoms with Gasteiger partial charge in [0.15, 0.2) is 0 Å². The summed E-state index contributed by atoms with van der Waals surface area (Å²) in [7, 11) is 0. The molecule has 0 spiro atoms. The van der Waals surface area contributed by atoms with Crippen molar-refractivity contribution in [3.8, 4) is 0 Å². The number of hydrogen-bond donors (Lipinski definition) is 1. The van der Waals surface area contributed by atoms with Crippen molar-refractivity contribution < 1.29 is 9.90 Å². The molecule has 0 bridgehead atoms. The minimum atomic E-state index is -0.859. The van der Waals surface area contributed by atoms with Crippen LogP contribution in [0.5, 0.6) is 0 Å². The zero-order valence-corrected chi connectivity index (χ0v) is 14.5. The van der Waals surface area contributed by atoms with E-state index < -0.39 is 5.97 Å². The summed E-state index contributed by atoms with van der Waals surface area (Å²) in [6.07, 6.45) is 3.86. The molecule has 2 aromatic heterocycles. The lowest BCUT2D eigenvalue weighted by Crippen LogP contribution is -2.35. The van der Waals surface area contributed by atoms with Crippen molar-refractivity contribution in [3.63, 3.8) is 0 Å². The summed E-state index contributed by atoms with van der Waals surface area (Å²) in [6, 6.07) is 8.20. The smallest absolute Gasteiger partial charge is 0.325 e. The Morgan fingerprint density at radius 2 is 2.16 bits per heavy atom. The van der Waals surface area contributed by atoms with Gasteiger partial charge in [-0.2, -0.15) is 13.8 Å². The van der Waals surface area contributed by atoms with Gasteiger partial charge in [0.25, 0.3) is 0 Å². The molecule has 1 saturated heterocycles. The van der Waals surface area contributed by atoms with E-state index in [-0.39, 0.29) is 6.54 Å². The van der Waals surface area contributed by atoms with Crippen LogP contribution in [0.4, 0.5) is 0 Å². The minimum absolute atomic E-state index is 0.0771. The third-order valence-electron chi connectivity index (χ3n) is 4.68. The first-order valence-corrected chi connectivity index (χ1v) is 9.09. The predicted molar refractivity (Wildman–Crippen MR) is 94.5 cm³/mol. The van der Waals surface area contributed by atoms with E-state index in [2.05, 4.69) is 30.9 Å². The largest absolute Gasteiger partial charge is 0.480 e. The van der Waals surface area contributed by atoms with Crippen LogP contribution in [0, 0.1) is 0 Å². The summed E-state index contributed by atoms with van der Waals surface area (Å²) in [5.74, 6) is -0.539. The van der Waals surface area contributed by atoms with Gasteiger partial charge in [0, 0.05) is 30.9 Å². The molecule has 0 saturated carbocycles. The number of fused-ring (bicyclic) bond motifs is 1. The standard InChI is InChI=1S/C17H19N5O2S/c23-17(24)11-22-16(5-6-18-22)13-2-1-7-21(10-13)9-12-3-4-14-15(8-12)20-25-19-14/h3-6,8,13H,1-2,7,9-11H2,(H,23,24)/t13-/m1/s1. The lowest BCUT2D eigenvalue weighted by Gasteiger charge is -2.33. The van der Waals surface area contributed by atoms with Gasteiger partial charge in [-0.3, -0.25) is 14.4 Å². The van der Waals surface area contributed by atoms with Crippen LogP contribution in [0.25, 0.3) is 11.0 Å². The Labute approximate surface area is 149 Å². The van der Waals surface area contributed by atoms with E-state index in [1.165, 1.54) is 17.3 Å². The average Bonchev–Trinajstić information content (AvgIpc) is 3.23. The highest BCUT2D eigenvalue weighted by molar-refractivity contribution is 7.00. The first kappa shape index (κ1) is 16.2. The van der Waals surface area contributed by atoms with Crippen LogP contribution in [0.1, 0.15) is 30.0 Å². The topological polar surface area (TPSA) is 84.1 Å². The van der Waals surface area contributed by atoms with Crippen molar-refractivity contribution in [1.82, 2.24) is 23.4 Å². The van der Waals surface area contributed by atoms with E-state index in [1.54, 1.807) is 10.9 Å². The molecule has 7 nitrogen and oxygen atoms in total. The fourth-order valence-corrected chi connectivity index (χ4v) is 4.09. The number of aromatic nitrogens is 4. The SMILES string of the molecule is O=C(O)Cn1nccc1[C@@H]1CCCN(Cc2ccc3nsnc3c2)C1. The molecule has 0 unspecified atom stereocenters. The monoisotopic (exact) mass is 357 g/mol. The van der Waals surface area contributed by atoms with E-state index in [0.717, 1.165) is 49.2 Å². The lowest BCUT2D eigenvalue weighted by molar-refractivity contribution is -0.137. The Hall–Kier alpha value is -2.32. The molecular weight excluding hydrogens is 338 g/mol. The van der Waals surface area contributed by atoms with Crippen LogP contribution < -0.4 is 0 Å². The van der Waals surface area contributed by atoms with Crippen LogP contribution in [0.3, 0.4) is 0 Å². The normalized spacial score (nSPS) is 18.6. The Kier molecular flexibility index (Phi) is 4.46. The number of nitrogens with zero attached hydrogens (tertiary/aromatic N) is 5. The van der Waals surface area contributed by atoms with E-state index in [0.29, 0.717) is 5.92 Å². The van der Waals surface area contributed by atoms with Crippen LogP contribution in [-0.4, -0.2) is 47.6 Å². The summed E-state index contributed by atoms with van der Waals surface area (Å²) < 4.78 is 10.2. The van der Waals surface area contributed by atoms with Crippen LogP contribution in [-0.2, 0) is 17.9 Å². The number of benzene rings is 1. The molecule has 0 amide bonds. The molecule has 4 rings (SSSR count). The maximum absolute atomic E-state index is 11.0. The number of carboxylic acid groups (broad SMARTS) is 1. The van der Waals surface area contributed by atoms with E-state index in [9.17, 15) is 4.79 Å². The average molecular weight is 357 g/mol. The molecule has 8 heteroatoms. The quantitative estimate of drug-likeness (QED) is 0.755. The maximum atomic E-state index is 11.0. The van der Waals surface area contributed by atoms with E-state index in [1.807, 2.05) is 12.1 Å². The summed E-state index contributed by atoms with van der Waals surface area (Å²) in [5.41, 5.74) is 4.16. The lowest BCUT2D eigenvalue weighted by atomic mass is 9.94. The minimum Gasteiger partial charge on any atom is -0.480 e. The third-order valence-corrected chi connectivity index (χ3v) is 5.24. The molecule has 0 aliphatic carbocycles. The molecule has 1 atom stereocenters. The molecule has 130 valence electrons. The highest BCUT2D eigenvalue weighted by atomic mass is 32.1. The van der Waals surface area contributed by atoms with Crippen molar-refractivity contribution >= 4 is 28.7 Å². The Bertz CT molecular complexity index is 890. The first-order chi connectivity index (χ1) is 12.2. The second-order valence-electron chi connectivity index (χ2n) is 6.47. The highest BCUT2D eigenvalue weighted by Gasteiger charge is 2.24.